The fourth-order valence-corrected chi connectivity index (χ4v) is 3.28. The van der Waals surface area contributed by atoms with Gasteiger partial charge in [-0.3, -0.25) is 9.59 Å². The van der Waals surface area contributed by atoms with Gasteiger partial charge in [0.1, 0.15) is 11.5 Å². The van der Waals surface area contributed by atoms with Crippen molar-refractivity contribution in [1.29, 1.82) is 0 Å². The van der Waals surface area contributed by atoms with Crippen LogP contribution in [-0.2, 0) is 16.1 Å². The molecule has 3 rings (SSSR count). The number of para-hydroxylation sites is 1. The Labute approximate surface area is 204 Å². The Morgan fingerprint density at radius 3 is 2.37 bits per heavy atom. The van der Waals surface area contributed by atoms with Gasteiger partial charge in [0.05, 0.1) is 6.61 Å². The minimum Gasteiger partial charge on any atom is -0.483 e. The van der Waals surface area contributed by atoms with Crippen molar-refractivity contribution in [3.8, 4) is 11.5 Å². The van der Waals surface area contributed by atoms with Gasteiger partial charge >= 0.3 is 6.16 Å². The molecular weight excluding hydrogens is 448 g/mol. The van der Waals surface area contributed by atoms with E-state index in [1.165, 1.54) is 12.1 Å². The molecule has 0 bridgehead atoms. The zero-order chi connectivity index (χ0) is 25.2. The van der Waals surface area contributed by atoms with Crippen LogP contribution in [0.3, 0.4) is 0 Å². The van der Waals surface area contributed by atoms with E-state index in [0.29, 0.717) is 17.0 Å². The zero-order valence-electron chi connectivity index (χ0n) is 19.9. The van der Waals surface area contributed by atoms with Crippen LogP contribution in [0.4, 0.5) is 10.5 Å². The minimum absolute atomic E-state index is 0.134. The average Bonchev–Trinajstić information content (AvgIpc) is 2.83. The first kappa shape index (κ1) is 25.3. The summed E-state index contributed by atoms with van der Waals surface area (Å²) in [7, 11) is 0. The summed E-state index contributed by atoms with van der Waals surface area (Å²) in [5.74, 6) is 0.314. The van der Waals surface area contributed by atoms with Gasteiger partial charge in [-0.1, -0.05) is 35.9 Å². The van der Waals surface area contributed by atoms with Crippen molar-refractivity contribution in [2.45, 2.75) is 27.3 Å². The van der Waals surface area contributed by atoms with E-state index in [4.69, 9.17) is 14.2 Å². The standard InChI is InChI=1S/C27H28N2O6/c1-4-33-27(32)35-22-12-10-20(11-13-22)26(31)28-16-21-7-5-6-8-23(21)29-25(30)17-34-24-14-9-18(2)15-19(24)3/h5-15H,4,16-17H2,1-3H3,(H,28,31)(H,29,30). The van der Waals surface area contributed by atoms with Crippen molar-refractivity contribution < 1.29 is 28.6 Å². The van der Waals surface area contributed by atoms with Gasteiger partial charge in [0.15, 0.2) is 6.61 Å². The molecule has 0 fully saturated rings. The fourth-order valence-electron chi connectivity index (χ4n) is 3.28. The molecule has 0 radical (unpaired) electrons. The van der Waals surface area contributed by atoms with Crippen LogP contribution in [0.5, 0.6) is 11.5 Å². The molecule has 3 aromatic carbocycles. The summed E-state index contributed by atoms with van der Waals surface area (Å²) in [4.78, 5) is 36.4. The molecule has 2 N–H and O–H groups in total. The smallest absolute Gasteiger partial charge is 0.483 e. The maximum Gasteiger partial charge on any atom is 0.513 e. The first-order chi connectivity index (χ1) is 16.9. The SMILES string of the molecule is CCOC(=O)Oc1ccc(C(=O)NCc2ccccc2NC(=O)COc2ccc(C)cc2C)cc1. The second kappa shape index (κ2) is 12.2. The molecule has 8 heteroatoms. The monoisotopic (exact) mass is 476 g/mol. The van der Waals surface area contributed by atoms with Crippen LogP contribution in [0.1, 0.15) is 34.0 Å². The molecule has 182 valence electrons. The van der Waals surface area contributed by atoms with Crippen LogP contribution in [0.2, 0.25) is 0 Å². The first-order valence-electron chi connectivity index (χ1n) is 11.2. The lowest BCUT2D eigenvalue weighted by Gasteiger charge is -2.13. The third kappa shape index (κ3) is 7.60. The van der Waals surface area contributed by atoms with E-state index in [1.807, 2.05) is 44.2 Å². The van der Waals surface area contributed by atoms with E-state index in [-0.39, 0.29) is 37.3 Å². The molecular formula is C27H28N2O6. The number of ether oxygens (including phenoxy) is 3. The molecule has 3 aromatic rings. The molecule has 35 heavy (non-hydrogen) atoms. The number of anilines is 1. The van der Waals surface area contributed by atoms with Crippen LogP contribution in [0.15, 0.2) is 66.7 Å². The van der Waals surface area contributed by atoms with E-state index in [9.17, 15) is 14.4 Å². The van der Waals surface area contributed by atoms with Crippen LogP contribution in [-0.4, -0.2) is 31.2 Å². The molecule has 0 aliphatic rings. The van der Waals surface area contributed by atoms with Gasteiger partial charge in [-0.2, -0.15) is 0 Å². The summed E-state index contributed by atoms with van der Waals surface area (Å²) in [6.07, 6.45) is -0.803. The molecule has 0 unspecified atom stereocenters. The maximum absolute atomic E-state index is 12.6. The Bertz CT molecular complexity index is 1190. The van der Waals surface area contributed by atoms with Crippen molar-refractivity contribution in [3.05, 3.63) is 89.0 Å². The highest BCUT2D eigenvalue weighted by Gasteiger charge is 2.12. The van der Waals surface area contributed by atoms with Gasteiger partial charge in [0.25, 0.3) is 11.8 Å². The van der Waals surface area contributed by atoms with Gasteiger partial charge in [-0.05, 0) is 68.3 Å². The molecule has 0 saturated heterocycles. The molecule has 0 heterocycles. The van der Waals surface area contributed by atoms with Gasteiger partial charge in [0.2, 0.25) is 0 Å². The number of carbonyl (C=O) groups is 3. The summed E-state index contributed by atoms with van der Waals surface area (Å²) in [6.45, 7) is 5.88. The molecule has 0 aliphatic carbocycles. The molecule has 0 spiro atoms. The molecule has 0 aromatic heterocycles. The summed E-state index contributed by atoms with van der Waals surface area (Å²) < 4.78 is 15.4. The predicted molar refractivity (Wildman–Crippen MR) is 132 cm³/mol. The number of hydrogen-bond acceptors (Lipinski definition) is 6. The number of rotatable bonds is 9. The molecule has 0 atom stereocenters. The molecule has 8 nitrogen and oxygen atoms in total. The third-order valence-electron chi connectivity index (χ3n) is 5.00. The van der Waals surface area contributed by atoms with Gasteiger partial charge < -0.3 is 24.8 Å². The van der Waals surface area contributed by atoms with E-state index in [2.05, 4.69) is 10.6 Å². The molecule has 0 aliphatic heterocycles. The Balaban J connectivity index is 1.54. The molecule has 2 amide bonds. The Morgan fingerprint density at radius 1 is 0.914 bits per heavy atom. The van der Waals surface area contributed by atoms with Crippen LogP contribution >= 0.6 is 0 Å². The van der Waals surface area contributed by atoms with Crippen molar-refractivity contribution in [2.24, 2.45) is 0 Å². The number of amides is 2. The predicted octanol–water partition coefficient (Wildman–Crippen LogP) is 4.79. The largest absolute Gasteiger partial charge is 0.513 e. The number of benzene rings is 3. The number of carbonyl (C=O) groups excluding carboxylic acids is 3. The third-order valence-corrected chi connectivity index (χ3v) is 5.00. The van der Waals surface area contributed by atoms with Gasteiger partial charge in [-0.15, -0.1) is 0 Å². The van der Waals surface area contributed by atoms with E-state index in [0.717, 1.165) is 16.7 Å². The van der Waals surface area contributed by atoms with E-state index in [1.54, 1.807) is 31.2 Å². The number of hydrogen-bond donors (Lipinski definition) is 2. The Kier molecular flexibility index (Phi) is 8.83. The van der Waals surface area contributed by atoms with Crippen molar-refractivity contribution in [1.82, 2.24) is 5.32 Å². The van der Waals surface area contributed by atoms with Gasteiger partial charge in [0, 0.05) is 17.8 Å². The fraction of sp³-hybridized carbons (Fsp3) is 0.222. The summed E-state index contributed by atoms with van der Waals surface area (Å²) >= 11 is 0. The first-order valence-corrected chi connectivity index (χ1v) is 11.2. The second-order valence-corrected chi connectivity index (χ2v) is 7.76. The maximum atomic E-state index is 12.6. The van der Waals surface area contributed by atoms with Crippen LogP contribution in [0.25, 0.3) is 0 Å². The summed E-state index contributed by atoms with van der Waals surface area (Å²) in [6, 6.07) is 19.1. The topological polar surface area (TPSA) is 103 Å². The highest BCUT2D eigenvalue weighted by Crippen LogP contribution is 2.19. The lowest BCUT2D eigenvalue weighted by Crippen LogP contribution is -2.25. The second-order valence-electron chi connectivity index (χ2n) is 7.76. The quantitative estimate of drug-likeness (QED) is 0.340. The van der Waals surface area contributed by atoms with Crippen LogP contribution < -0.4 is 20.1 Å². The van der Waals surface area contributed by atoms with E-state index < -0.39 is 6.16 Å². The van der Waals surface area contributed by atoms with Crippen molar-refractivity contribution >= 4 is 23.7 Å². The van der Waals surface area contributed by atoms with Crippen LogP contribution in [0, 0.1) is 13.8 Å². The normalized spacial score (nSPS) is 10.3. The summed E-state index contributed by atoms with van der Waals surface area (Å²) in [5, 5.41) is 5.66. The number of aryl methyl sites for hydroxylation is 2. The van der Waals surface area contributed by atoms with E-state index >= 15 is 0 Å². The minimum atomic E-state index is -0.803. The lowest BCUT2D eigenvalue weighted by molar-refractivity contribution is -0.118. The highest BCUT2D eigenvalue weighted by molar-refractivity contribution is 5.95. The zero-order valence-corrected chi connectivity index (χ0v) is 19.9. The number of nitrogens with one attached hydrogen (secondary N) is 2. The van der Waals surface area contributed by atoms with Gasteiger partial charge in [-0.25, -0.2) is 4.79 Å². The Hall–Kier alpha value is -4.33. The Morgan fingerprint density at radius 2 is 1.66 bits per heavy atom. The van der Waals surface area contributed by atoms with Crippen molar-refractivity contribution in [3.63, 3.8) is 0 Å². The summed E-state index contributed by atoms with van der Waals surface area (Å²) in [5.41, 5.74) is 3.80. The lowest BCUT2D eigenvalue weighted by atomic mass is 10.1. The average molecular weight is 477 g/mol. The van der Waals surface area contributed by atoms with Crippen molar-refractivity contribution in [2.75, 3.05) is 18.5 Å². The molecule has 0 saturated carbocycles. The highest BCUT2D eigenvalue weighted by atomic mass is 16.7.